The van der Waals surface area contributed by atoms with E-state index in [-0.39, 0.29) is 17.1 Å². The standard InChI is InChI=1S/C29H25N3O3S/c1-19-16-25(20(2)31(19)21-10-5-4-6-11-21)27(33)18-36-29-30-26-15-8-7-14-24(26)28(34)32(29)22-12-9-13-23(17-22)35-3/h4-17H,18H2,1-3H3. The van der Waals surface area contributed by atoms with E-state index in [1.807, 2.05) is 86.6 Å². The SMILES string of the molecule is COc1cccc(-n2c(SCC(=O)c3cc(C)n(-c4ccccc4)c3C)nc3ccccc3c2=O)c1. The van der Waals surface area contributed by atoms with Gasteiger partial charge in [0, 0.05) is 28.7 Å². The summed E-state index contributed by atoms with van der Waals surface area (Å²) >= 11 is 1.26. The van der Waals surface area contributed by atoms with Crippen molar-refractivity contribution < 1.29 is 9.53 Å². The molecule has 0 amide bonds. The van der Waals surface area contributed by atoms with Crippen LogP contribution in [0.1, 0.15) is 21.7 Å². The number of methoxy groups -OCH3 is 1. The van der Waals surface area contributed by atoms with Crippen LogP contribution < -0.4 is 10.3 Å². The molecule has 0 unspecified atom stereocenters. The lowest BCUT2D eigenvalue weighted by molar-refractivity contribution is 0.102. The van der Waals surface area contributed by atoms with Gasteiger partial charge in [0.05, 0.1) is 29.5 Å². The first-order valence-electron chi connectivity index (χ1n) is 11.5. The number of hydrogen-bond donors (Lipinski definition) is 0. The summed E-state index contributed by atoms with van der Waals surface area (Å²) in [5, 5.41) is 0.972. The number of carbonyl (C=O) groups excluding carboxylic acids is 1. The molecular weight excluding hydrogens is 470 g/mol. The molecule has 0 bridgehead atoms. The molecule has 0 spiro atoms. The molecule has 0 aliphatic rings. The third-order valence-corrected chi connectivity index (χ3v) is 7.07. The second-order valence-electron chi connectivity index (χ2n) is 8.42. The molecule has 0 aliphatic heterocycles. The van der Waals surface area contributed by atoms with Gasteiger partial charge in [0.2, 0.25) is 0 Å². The molecule has 0 saturated carbocycles. The number of rotatable bonds is 7. The predicted molar refractivity (Wildman–Crippen MR) is 144 cm³/mol. The summed E-state index contributed by atoms with van der Waals surface area (Å²) < 4.78 is 9.00. The number of nitrogens with zero attached hydrogens (tertiary/aromatic N) is 3. The highest BCUT2D eigenvalue weighted by Gasteiger charge is 2.19. The molecule has 2 heterocycles. The Hall–Kier alpha value is -4.10. The molecule has 5 aromatic rings. The quantitative estimate of drug-likeness (QED) is 0.163. The van der Waals surface area contributed by atoms with Gasteiger partial charge in [0.25, 0.3) is 5.56 Å². The first-order chi connectivity index (χ1) is 17.5. The van der Waals surface area contributed by atoms with Gasteiger partial charge in [-0.1, -0.05) is 48.2 Å². The second kappa shape index (κ2) is 9.87. The Morgan fingerprint density at radius 3 is 2.39 bits per heavy atom. The van der Waals surface area contributed by atoms with E-state index in [2.05, 4.69) is 4.57 Å². The normalized spacial score (nSPS) is 11.1. The summed E-state index contributed by atoms with van der Waals surface area (Å²) in [5.41, 5.74) is 4.60. The second-order valence-corrected chi connectivity index (χ2v) is 9.36. The Balaban J connectivity index is 1.52. The number of benzene rings is 3. The minimum atomic E-state index is -0.189. The predicted octanol–water partition coefficient (Wildman–Crippen LogP) is 5.78. The molecule has 7 heteroatoms. The van der Waals surface area contributed by atoms with E-state index < -0.39 is 0 Å². The van der Waals surface area contributed by atoms with Crippen molar-refractivity contribution in [2.45, 2.75) is 19.0 Å². The van der Waals surface area contributed by atoms with Gasteiger partial charge in [-0.2, -0.15) is 0 Å². The van der Waals surface area contributed by atoms with E-state index in [0.29, 0.717) is 33.1 Å². The van der Waals surface area contributed by atoms with E-state index >= 15 is 0 Å². The van der Waals surface area contributed by atoms with E-state index in [9.17, 15) is 9.59 Å². The van der Waals surface area contributed by atoms with Crippen molar-refractivity contribution in [1.82, 2.24) is 14.1 Å². The van der Waals surface area contributed by atoms with E-state index in [1.54, 1.807) is 23.8 Å². The van der Waals surface area contributed by atoms with E-state index in [1.165, 1.54) is 11.8 Å². The summed E-state index contributed by atoms with van der Waals surface area (Å²) in [4.78, 5) is 31.6. The number of para-hydroxylation sites is 2. The number of thioether (sulfide) groups is 1. The third-order valence-electron chi connectivity index (χ3n) is 6.13. The average Bonchev–Trinajstić information content (AvgIpc) is 3.21. The third kappa shape index (κ3) is 4.33. The lowest BCUT2D eigenvalue weighted by Crippen LogP contribution is -2.22. The molecular formula is C29H25N3O3S. The zero-order valence-electron chi connectivity index (χ0n) is 20.3. The number of ether oxygens (including phenoxy) is 1. The van der Waals surface area contributed by atoms with Gasteiger partial charge in [-0.15, -0.1) is 0 Å². The molecule has 3 aromatic carbocycles. The average molecular weight is 496 g/mol. The number of aromatic nitrogens is 3. The minimum absolute atomic E-state index is 0.0186. The van der Waals surface area contributed by atoms with Crippen molar-refractivity contribution >= 4 is 28.4 Å². The Kier molecular flexibility index (Phi) is 6.48. The summed E-state index contributed by atoms with van der Waals surface area (Å²) in [5.74, 6) is 0.760. The zero-order chi connectivity index (χ0) is 25.2. The molecule has 0 saturated heterocycles. The monoisotopic (exact) mass is 495 g/mol. The lowest BCUT2D eigenvalue weighted by Gasteiger charge is -2.14. The van der Waals surface area contributed by atoms with Crippen LogP contribution in [0.15, 0.2) is 94.9 Å². The van der Waals surface area contributed by atoms with Gasteiger partial charge < -0.3 is 9.30 Å². The van der Waals surface area contributed by atoms with Gasteiger partial charge in [-0.3, -0.25) is 14.2 Å². The van der Waals surface area contributed by atoms with Gasteiger partial charge in [-0.25, -0.2) is 4.98 Å². The maximum atomic E-state index is 13.5. The molecule has 180 valence electrons. The van der Waals surface area contributed by atoms with Crippen LogP contribution in [0.25, 0.3) is 22.3 Å². The summed E-state index contributed by atoms with van der Waals surface area (Å²) in [7, 11) is 1.58. The molecule has 36 heavy (non-hydrogen) atoms. The summed E-state index contributed by atoms with van der Waals surface area (Å²) in [6.07, 6.45) is 0. The van der Waals surface area contributed by atoms with Crippen molar-refractivity contribution in [3.8, 4) is 17.1 Å². The highest BCUT2D eigenvalue weighted by Crippen LogP contribution is 2.26. The van der Waals surface area contributed by atoms with Crippen LogP contribution >= 0.6 is 11.8 Å². The highest BCUT2D eigenvalue weighted by molar-refractivity contribution is 7.99. The number of aryl methyl sites for hydroxylation is 1. The molecule has 6 nitrogen and oxygen atoms in total. The molecule has 0 radical (unpaired) electrons. The highest BCUT2D eigenvalue weighted by atomic mass is 32.2. The Bertz CT molecular complexity index is 1640. The van der Waals surface area contributed by atoms with Crippen molar-refractivity contribution in [3.63, 3.8) is 0 Å². The Labute approximate surface area is 213 Å². The van der Waals surface area contributed by atoms with Gasteiger partial charge in [0.15, 0.2) is 10.9 Å². The fourth-order valence-corrected chi connectivity index (χ4v) is 5.31. The molecule has 0 N–H and O–H groups in total. The number of ketones is 1. The zero-order valence-corrected chi connectivity index (χ0v) is 21.1. The van der Waals surface area contributed by atoms with Gasteiger partial charge >= 0.3 is 0 Å². The maximum absolute atomic E-state index is 13.5. The summed E-state index contributed by atoms with van der Waals surface area (Å²) in [6, 6.07) is 26.4. The molecule has 0 fully saturated rings. The fraction of sp³-hybridized carbons (Fsp3) is 0.138. The first kappa shape index (κ1) is 23.6. The van der Waals surface area contributed by atoms with Crippen LogP contribution in [0.3, 0.4) is 0 Å². The van der Waals surface area contributed by atoms with Crippen molar-refractivity contribution in [2.24, 2.45) is 0 Å². The Morgan fingerprint density at radius 1 is 0.889 bits per heavy atom. The molecule has 5 rings (SSSR count). The largest absolute Gasteiger partial charge is 0.497 e. The first-order valence-corrected chi connectivity index (χ1v) is 12.5. The number of hydrogen-bond acceptors (Lipinski definition) is 5. The van der Waals surface area contributed by atoms with Crippen LogP contribution in [0.2, 0.25) is 0 Å². The van der Waals surface area contributed by atoms with Crippen LogP contribution in [-0.4, -0.2) is 32.8 Å². The van der Waals surface area contributed by atoms with Gasteiger partial charge in [0.1, 0.15) is 5.75 Å². The van der Waals surface area contributed by atoms with Crippen molar-refractivity contribution in [1.29, 1.82) is 0 Å². The van der Waals surface area contributed by atoms with E-state index in [0.717, 1.165) is 17.1 Å². The molecule has 0 atom stereocenters. The van der Waals surface area contributed by atoms with Crippen LogP contribution in [0.4, 0.5) is 0 Å². The number of fused-ring (bicyclic) bond motifs is 1. The molecule has 0 aliphatic carbocycles. The van der Waals surface area contributed by atoms with Crippen LogP contribution in [0.5, 0.6) is 5.75 Å². The summed E-state index contributed by atoms with van der Waals surface area (Å²) in [6.45, 7) is 3.95. The Morgan fingerprint density at radius 2 is 1.61 bits per heavy atom. The van der Waals surface area contributed by atoms with E-state index in [4.69, 9.17) is 9.72 Å². The topological polar surface area (TPSA) is 66.1 Å². The van der Waals surface area contributed by atoms with Crippen molar-refractivity contribution in [2.75, 3.05) is 12.9 Å². The minimum Gasteiger partial charge on any atom is -0.497 e. The fourth-order valence-electron chi connectivity index (χ4n) is 4.41. The molecule has 2 aromatic heterocycles. The lowest BCUT2D eigenvalue weighted by atomic mass is 10.2. The number of carbonyl (C=O) groups is 1. The number of Topliss-reactive ketones (excluding diaryl/α,β-unsaturated/α-hetero) is 1. The smallest absolute Gasteiger partial charge is 0.266 e. The van der Waals surface area contributed by atoms with Crippen LogP contribution in [0, 0.1) is 13.8 Å². The van der Waals surface area contributed by atoms with Gasteiger partial charge in [-0.05, 0) is 56.3 Å². The maximum Gasteiger partial charge on any atom is 0.266 e. The van der Waals surface area contributed by atoms with Crippen molar-refractivity contribution in [3.05, 3.63) is 112 Å². The van der Waals surface area contributed by atoms with Crippen LogP contribution in [-0.2, 0) is 0 Å².